The number of halogens is 2. The van der Waals surface area contributed by atoms with Crippen LogP contribution in [-0.4, -0.2) is 34.7 Å². The topological polar surface area (TPSA) is 54.2 Å². The minimum atomic E-state index is -0.104. The van der Waals surface area contributed by atoms with Crippen molar-refractivity contribution in [2.24, 2.45) is 0 Å². The van der Waals surface area contributed by atoms with Crippen molar-refractivity contribution in [2.45, 2.75) is 38.8 Å². The first kappa shape index (κ1) is 19.2. The van der Waals surface area contributed by atoms with Crippen molar-refractivity contribution in [2.75, 3.05) is 19.6 Å². The van der Waals surface area contributed by atoms with Gasteiger partial charge in [0.25, 0.3) is 0 Å². The predicted octanol–water partition coefficient (Wildman–Crippen LogP) is 3.59. The lowest BCUT2D eigenvalue weighted by molar-refractivity contribution is 0.135. The molecule has 1 N–H and O–H groups in total. The van der Waals surface area contributed by atoms with E-state index in [1.165, 1.54) is 0 Å². The van der Waals surface area contributed by atoms with E-state index in [4.69, 9.17) is 16.1 Å². The Kier molecular flexibility index (Phi) is 6.26. The Morgan fingerprint density at radius 1 is 1.33 bits per heavy atom. The highest BCUT2D eigenvalue weighted by Crippen LogP contribution is 2.29. The van der Waals surface area contributed by atoms with Crippen LogP contribution in [0.5, 0.6) is 0 Å². The van der Waals surface area contributed by atoms with Gasteiger partial charge in [-0.3, -0.25) is 4.90 Å². The lowest BCUT2D eigenvalue weighted by Crippen LogP contribution is -2.45. The first-order valence-corrected chi connectivity index (χ1v) is 8.35. The monoisotopic (exact) mass is 370 g/mol. The molecule has 0 bridgehead atoms. The van der Waals surface area contributed by atoms with E-state index in [0.29, 0.717) is 12.4 Å². The smallest absolute Gasteiger partial charge is 0.240 e. The maximum absolute atomic E-state index is 6.38. The summed E-state index contributed by atoms with van der Waals surface area (Å²) in [5.41, 5.74) is 1.03. The molecule has 0 aliphatic carbocycles. The van der Waals surface area contributed by atoms with Crippen molar-refractivity contribution in [3.8, 4) is 0 Å². The van der Waals surface area contributed by atoms with E-state index in [0.717, 1.165) is 36.0 Å². The van der Waals surface area contributed by atoms with Crippen molar-refractivity contribution in [1.82, 2.24) is 20.4 Å². The lowest BCUT2D eigenvalue weighted by atomic mass is 9.96. The van der Waals surface area contributed by atoms with E-state index < -0.39 is 0 Å². The average Bonchev–Trinajstić information content (AvgIpc) is 2.97. The Labute approximate surface area is 154 Å². The molecule has 1 fully saturated rings. The molecule has 1 aliphatic heterocycles. The van der Waals surface area contributed by atoms with Gasteiger partial charge in [-0.1, -0.05) is 55.7 Å². The Morgan fingerprint density at radius 3 is 2.75 bits per heavy atom. The molecule has 132 valence electrons. The number of nitrogens with one attached hydrogen (secondary N) is 1. The molecule has 1 aromatic carbocycles. The standard InChI is InChI=1S/C17H23ClN4O.ClH/c1-17(2,3)16-20-15(23-21-16)11-22-9-8-19-10-14(22)12-6-4-5-7-13(12)18;/h4-7,14,19H,8-11H2,1-3H3;1H. The van der Waals surface area contributed by atoms with E-state index >= 15 is 0 Å². The van der Waals surface area contributed by atoms with Crippen LogP contribution in [0.1, 0.15) is 44.1 Å². The van der Waals surface area contributed by atoms with Crippen LogP contribution in [0, 0.1) is 0 Å². The highest BCUT2D eigenvalue weighted by atomic mass is 35.5. The molecule has 0 radical (unpaired) electrons. The van der Waals surface area contributed by atoms with E-state index in [2.05, 4.69) is 47.2 Å². The molecule has 1 atom stereocenters. The maximum atomic E-state index is 6.38. The predicted molar refractivity (Wildman–Crippen MR) is 97.7 cm³/mol. The summed E-state index contributed by atoms with van der Waals surface area (Å²) in [5, 5.41) is 8.35. The van der Waals surface area contributed by atoms with Crippen LogP contribution < -0.4 is 5.32 Å². The molecule has 1 aromatic heterocycles. The molecule has 0 saturated carbocycles. The van der Waals surface area contributed by atoms with Gasteiger partial charge in [-0.15, -0.1) is 12.4 Å². The fourth-order valence-electron chi connectivity index (χ4n) is 2.79. The molecule has 2 heterocycles. The summed E-state index contributed by atoms with van der Waals surface area (Å²) in [7, 11) is 0. The zero-order valence-electron chi connectivity index (χ0n) is 14.3. The highest BCUT2D eigenvalue weighted by Gasteiger charge is 2.28. The van der Waals surface area contributed by atoms with Crippen LogP contribution in [0.2, 0.25) is 5.02 Å². The molecule has 1 saturated heterocycles. The van der Waals surface area contributed by atoms with Crippen molar-refractivity contribution >= 4 is 24.0 Å². The van der Waals surface area contributed by atoms with Gasteiger partial charge in [-0.05, 0) is 11.6 Å². The molecule has 3 rings (SSSR count). The van der Waals surface area contributed by atoms with Crippen LogP contribution in [0.3, 0.4) is 0 Å². The Balaban J connectivity index is 0.00000208. The summed E-state index contributed by atoms with van der Waals surface area (Å²) < 4.78 is 5.45. The maximum Gasteiger partial charge on any atom is 0.240 e. The Hall–Kier alpha value is -1.14. The minimum absolute atomic E-state index is 0. The normalized spacial score (nSPS) is 19.1. The summed E-state index contributed by atoms with van der Waals surface area (Å²) in [6.07, 6.45) is 0. The first-order chi connectivity index (χ1) is 10.9. The minimum Gasteiger partial charge on any atom is -0.338 e. The number of hydrogen-bond donors (Lipinski definition) is 1. The number of aromatic nitrogens is 2. The number of benzene rings is 1. The van der Waals surface area contributed by atoms with E-state index in [1.807, 2.05) is 18.2 Å². The van der Waals surface area contributed by atoms with Gasteiger partial charge in [0.15, 0.2) is 5.82 Å². The van der Waals surface area contributed by atoms with Gasteiger partial charge in [0.05, 0.1) is 6.54 Å². The van der Waals surface area contributed by atoms with Crippen LogP contribution in [0.4, 0.5) is 0 Å². The summed E-state index contributed by atoms with van der Waals surface area (Å²) in [6, 6.07) is 8.22. The third-order valence-corrected chi connectivity index (χ3v) is 4.44. The Bertz CT molecular complexity index is 669. The molecular weight excluding hydrogens is 347 g/mol. The molecule has 1 aliphatic rings. The van der Waals surface area contributed by atoms with Crippen LogP contribution >= 0.6 is 24.0 Å². The molecule has 7 heteroatoms. The molecule has 2 aromatic rings. The van der Waals surface area contributed by atoms with Crippen LogP contribution in [0.15, 0.2) is 28.8 Å². The van der Waals surface area contributed by atoms with Gasteiger partial charge >= 0.3 is 0 Å². The van der Waals surface area contributed by atoms with Crippen molar-refractivity contribution < 1.29 is 4.52 Å². The number of rotatable bonds is 3. The van der Waals surface area contributed by atoms with Crippen LogP contribution in [0.25, 0.3) is 0 Å². The Morgan fingerprint density at radius 2 is 2.08 bits per heavy atom. The lowest BCUT2D eigenvalue weighted by Gasteiger charge is -2.35. The van der Waals surface area contributed by atoms with Gasteiger partial charge < -0.3 is 9.84 Å². The average molecular weight is 371 g/mol. The van der Waals surface area contributed by atoms with Crippen molar-refractivity contribution in [3.05, 3.63) is 46.6 Å². The van der Waals surface area contributed by atoms with E-state index in [9.17, 15) is 0 Å². The second-order valence-corrected chi connectivity index (χ2v) is 7.38. The zero-order valence-corrected chi connectivity index (χ0v) is 15.8. The number of hydrogen-bond acceptors (Lipinski definition) is 5. The molecule has 24 heavy (non-hydrogen) atoms. The van der Waals surface area contributed by atoms with E-state index in [1.54, 1.807) is 0 Å². The molecule has 0 amide bonds. The molecule has 0 spiro atoms. The fourth-order valence-corrected chi connectivity index (χ4v) is 3.05. The second-order valence-electron chi connectivity index (χ2n) is 6.97. The fraction of sp³-hybridized carbons (Fsp3) is 0.529. The van der Waals surface area contributed by atoms with Gasteiger partial charge in [0, 0.05) is 36.1 Å². The molecule has 5 nitrogen and oxygen atoms in total. The summed E-state index contributed by atoms with van der Waals surface area (Å²) >= 11 is 6.38. The number of nitrogens with zero attached hydrogens (tertiary/aromatic N) is 3. The van der Waals surface area contributed by atoms with Crippen molar-refractivity contribution in [3.63, 3.8) is 0 Å². The van der Waals surface area contributed by atoms with E-state index in [-0.39, 0.29) is 23.9 Å². The summed E-state index contributed by atoms with van der Waals surface area (Å²) in [5.74, 6) is 1.41. The SMILES string of the molecule is CC(C)(C)c1noc(CN2CCNCC2c2ccccc2Cl)n1.Cl. The third-order valence-electron chi connectivity index (χ3n) is 4.10. The highest BCUT2D eigenvalue weighted by molar-refractivity contribution is 6.31. The molecular formula is C17H24Cl2N4O. The van der Waals surface area contributed by atoms with Gasteiger partial charge in [-0.25, -0.2) is 0 Å². The van der Waals surface area contributed by atoms with Gasteiger partial charge in [-0.2, -0.15) is 4.98 Å². The quantitative estimate of drug-likeness (QED) is 0.894. The summed E-state index contributed by atoms with van der Waals surface area (Å²) in [4.78, 5) is 6.90. The second kappa shape index (κ2) is 7.83. The van der Waals surface area contributed by atoms with Gasteiger partial charge in [0.1, 0.15) is 0 Å². The number of piperazine rings is 1. The first-order valence-electron chi connectivity index (χ1n) is 7.97. The van der Waals surface area contributed by atoms with Crippen LogP contribution in [-0.2, 0) is 12.0 Å². The summed E-state index contributed by atoms with van der Waals surface area (Å²) in [6.45, 7) is 9.62. The molecule has 1 unspecified atom stereocenters. The third kappa shape index (κ3) is 4.28. The van der Waals surface area contributed by atoms with Crippen molar-refractivity contribution in [1.29, 1.82) is 0 Å². The largest absolute Gasteiger partial charge is 0.338 e. The van der Waals surface area contributed by atoms with Gasteiger partial charge in [0.2, 0.25) is 5.89 Å². The zero-order chi connectivity index (χ0) is 16.4.